The van der Waals surface area contributed by atoms with Crippen LogP contribution in [-0.4, -0.2) is 11.8 Å². The van der Waals surface area contributed by atoms with Gasteiger partial charge in [-0.15, -0.1) is 0 Å². The lowest BCUT2D eigenvalue weighted by molar-refractivity contribution is -0.138. The summed E-state index contributed by atoms with van der Waals surface area (Å²) in [6.45, 7) is 7.76. The van der Waals surface area contributed by atoms with Crippen LogP contribution in [0.25, 0.3) is 0 Å². The molecule has 0 fully saturated rings. The molecule has 0 saturated carbocycles. The normalized spacial score (nSPS) is 12.5. The highest BCUT2D eigenvalue weighted by molar-refractivity contribution is 6.09. The molecular formula is C33H31F6NO. The van der Waals surface area contributed by atoms with E-state index >= 15 is 0 Å². The minimum Gasteiger partial charge on any atom is -0.304 e. The second-order valence-electron chi connectivity index (χ2n) is 10.1. The van der Waals surface area contributed by atoms with Crippen LogP contribution in [0.15, 0.2) is 97.1 Å². The van der Waals surface area contributed by atoms with Gasteiger partial charge in [0.2, 0.25) is 0 Å². The molecule has 0 aromatic heterocycles. The smallest absolute Gasteiger partial charge is 0.304 e. The van der Waals surface area contributed by atoms with E-state index in [0.717, 1.165) is 34.9 Å². The third kappa shape index (κ3) is 9.05. The highest BCUT2D eigenvalue weighted by Crippen LogP contribution is 2.33. The van der Waals surface area contributed by atoms with Crippen molar-refractivity contribution in [2.24, 2.45) is 0 Å². The van der Waals surface area contributed by atoms with E-state index in [1.807, 2.05) is 58.0 Å². The maximum Gasteiger partial charge on any atom is 0.416 e. The maximum absolute atomic E-state index is 12.9. The molecule has 0 aliphatic rings. The van der Waals surface area contributed by atoms with Gasteiger partial charge in [0.15, 0.2) is 5.78 Å². The molecule has 0 spiro atoms. The fourth-order valence-electron chi connectivity index (χ4n) is 4.25. The van der Waals surface area contributed by atoms with Gasteiger partial charge >= 0.3 is 12.4 Å². The van der Waals surface area contributed by atoms with Gasteiger partial charge in [-0.1, -0.05) is 77.9 Å². The average molecular weight is 572 g/mol. The van der Waals surface area contributed by atoms with Gasteiger partial charge in [-0.05, 0) is 69.2 Å². The number of nitrogens with one attached hydrogen (secondary N) is 1. The predicted octanol–water partition coefficient (Wildman–Crippen LogP) is 9.35. The third-order valence-corrected chi connectivity index (χ3v) is 6.16. The second kappa shape index (κ2) is 13.2. The van der Waals surface area contributed by atoms with Gasteiger partial charge in [0.1, 0.15) is 0 Å². The molecule has 0 bridgehead atoms. The Bertz CT molecular complexity index is 1470. The maximum atomic E-state index is 12.9. The number of halogens is 6. The Morgan fingerprint density at radius 2 is 1.05 bits per heavy atom. The zero-order chi connectivity index (χ0) is 30.4. The van der Waals surface area contributed by atoms with Crippen LogP contribution in [0.3, 0.4) is 0 Å². The molecule has 0 heterocycles. The zero-order valence-corrected chi connectivity index (χ0v) is 23.1. The molecule has 1 unspecified atom stereocenters. The summed E-state index contributed by atoms with van der Waals surface area (Å²) in [5.74, 6) is -0.408. The van der Waals surface area contributed by atoms with E-state index in [0.29, 0.717) is 11.1 Å². The standard InChI is InChI=1S/C18H20F3N.C15H11F3O/c1-12(2)22-17(14-7-4-6-13(3)10-14)15-8-5-9-16(11-15)18(19,20)21;1-10-4-2-5-11(8-10)14(19)12-6-3-7-13(9-12)15(16,17)18/h4-12,17,22H,1-3H3;2-9H,1H3. The molecule has 0 aliphatic carbocycles. The van der Waals surface area contributed by atoms with Crippen molar-refractivity contribution in [3.05, 3.63) is 142 Å². The molecule has 2 nitrogen and oxygen atoms in total. The Hall–Kier alpha value is -3.91. The number of carbonyl (C=O) groups is 1. The van der Waals surface area contributed by atoms with Crippen LogP contribution in [0.5, 0.6) is 0 Å². The van der Waals surface area contributed by atoms with Gasteiger partial charge in [0.25, 0.3) is 0 Å². The molecule has 0 radical (unpaired) electrons. The van der Waals surface area contributed by atoms with Gasteiger partial charge in [-0.3, -0.25) is 4.79 Å². The van der Waals surface area contributed by atoms with Gasteiger partial charge < -0.3 is 5.32 Å². The first-order valence-electron chi connectivity index (χ1n) is 12.9. The van der Waals surface area contributed by atoms with Crippen molar-refractivity contribution in [1.29, 1.82) is 0 Å². The first kappa shape index (κ1) is 31.6. The fourth-order valence-corrected chi connectivity index (χ4v) is 4.25. The number of aryl methyl sites for hydroxylation is 2. The number of rotatable bonds is 6. The molecule has 0 saturated heterocycles. The Morgan fingerprint density at radius 3 is 1.56 bits per heavy atom. The van der Waals surface area contributed by atoms with Crippen molar-refractivity contribution in [1.82, 2.24) is 5.32 Å². The lowest BCUT2D eigenvalue weighted by Crippen LogP contribution is -2.29. The third-order valence-electron chi connectivity index (χ3n) is 6.16. The fraction of sp³-hybridized carbons (Fsp3) is 0.242. The summed E-state index contributed by atoms with van der Waals surface area (Å²) in [6, 6.07) is 24.5. The Labute approximate surface area is 236 Å². The Balaban J connectivity index is 0.000000228. The first-order valence-corrected chi connectivity index (χ1v) is 12.9. The molecule has 4 aromatic carbocycles. The molecule has 216 valence electrons. The van der Waals surface area contributed by atoms with E-state index in [1.54, 1.807) is 24.3 Å². The average Bonchev–Trinajstić information content (AvgIpc) is 2.91. The first-order chi connectivity index (χ1) is 19.1. The molecular weight excluding hydrogens is 540 g/mol. The topological polar surface area (TPSA) is 29.1 Å². The van der Waals surface area contributed by atoms with Gasteiger partial charge in [0.05, 0.1) is 17.2 Å². The molecule has 4 rings (SSSR count). The van der Waals surface area contributed by atoms with Crippen LogP contribution < -0.4 is 5.32 Å². The lowest BCUT2D eigenvalue weighted by atomic mass is 9.95. The predicted molar refractivity (Wildman–Crippen MR) is 149 cm³/mol. The molecule has 1 N–H and O–H groups in total. The lowest BCUT2D eigenvalue weighted by Gasteiger charge is -2.23. The van der Waals surface area contributed by atoms with Gasteiger partial charge in [-0.2, -0.15) is 26.3 Å². The number of hydrogen-bond donors (Lipinski definition) is 1. The molecule has 41 heavy (non-hydrogen) atoms. The summed E-state index contributed by atoms with van der Waals surface area (Å²) >= 11 is 0. The summed E-state index contributed by atoms with van der Waals surface area (Å²) in [5.41, 5.74) is 2.55. The number of ketones is 1. The van der Waals surface area contributed by atoms with Gasteiger partial charge in [-0.25, -0.2) is 0 Å². The minimum absolute atomic E-state index is 0.0421. The Kier molecular flexibility index (Phi) is 10.2. The summed E-state index contributed by atoms with van der Waals surface area (Å²) < 4.78 is 76.6. The highest BCUT2D eigenvalue weighted by atomic mass is 19.4. The summed E-state index contributed by atoms with van der Waals surface area (Å²) in [5, 5.41) is 3.35. The quantitative estimate of drug-likeness (QED) is 0.185. The van der Waals surface area contributed by atoms with Crippen LogP contribution in [-0.2, 0) is 12.4 Å². The molecule has 1 atom stereocenters. The SMILES string of the molecule is Cc1cccc(C(=O)c2cccc(C(F)(F)F)c2)c1.Cc1cccc(C(NC(C)C)c2cccc(C(F)(F)F)c2)c1. The van der Waals surface area contributed by atoms with E-state index in [9.17, 15) is 31.1 Å². The van der Waals surface area contributed by atoms with E-state index < -0.39 is 29.3 Å². The van der Waals surface area contributed by atoms with Crippen LogP contribution in [0.1, 0.15) is 69.2 Å². The number of benzene rings is 4. The highest BCUT2D eigenvalue weighted by Gasteiger charge is 2.32. The van der Waals surface area contributed by atoms with Crippen molar-refractivity contribution in [2.75, 3.05) is 0 Å². The summed E-state index contributed by atoms with van der Waals surface area (Å²) in [6.07, 6.45) is -8.77. The van der Waals surface area contributed by atoms with Gasteiger partial charge in [0, 0.05) is 17.2 Å². The molecule has 0 aliphatic heterocycles. The minimum atomic E-state index is -4.44. The van der Waals surface area contributed by atoms with E-state index in [1.165, 1.54) is 24.3 Å². The van der Waals surface area contributed by atoms with Crippen molar-refractivity contribution < 1.29 is 31.1 Å². The van der Waals surface area contributed by atoms with Crippen molar-refractivity contribution in [3.63, 3.8) is 0 Å². The molecule has 4 aromatic rings. The van der Waals surface area contributed by atoms with E-state index in [2.05, 4.69) is 5.32 Å². The van der Waals surface area contributed by atoms with E-state index in [-0.39, 0.29) is 17.6 Å². The van der Waals surface area contributed by atoms with E-state index in [4.69, 9.17) is 0 Å². The number of hydrogen-bond acceptors (Lipinski definition) is 2. The van der Waals surface area contributed by atoms with Crippen molar-refractivity contribution in [2.45, 2.75) is 52.1 Å². The molecule has 8 heteroatoms. The monoisotopic (exact) mass is 571 g/mol. The van der Waals surface area contributed by atoms with Crippen LogP contribution in [0, 0.1) is 13.8 Å². The molecule has 0 amide bonds. The van der Waals surface area contributed by atoms with Crippen LogP contribution in [0.2, 0.25) is 0 Å². The second-order valence-corrected chi connectivity index (χ2v) is 10.1. The zero-order valence-electron chi connectivity index (χ0n) is 23.1. The van der Waals surface area contributed by atoms with Crippen molar-refractivity contribution in [3.8, 4) is 0 Å². The Morgan fingerprint density at radius 1 is 0.610 bits per heavy atom. The van der Waals surface area contributed by atoms with Crippen molar-refractivity contribution >= 4 is 5.78 Å². The largest absolute Gasteiger partial charge is 0.416 e. The summed E-state index contributed by atoms with van der Waals surface area (Å²) in [4.78, 5) is 12.1. The number of alkyl halides is 6. The number of carbonyl (C=O) groups excluding carboxylic acids is 1. The van der Waals surface area contributed by atoms with Crippen LogP contribution in [0.4, 0.5) is 26.3 Å². The van der Waals surface area contributed by atoms with Crippen LogP contribution >= 0.6 is 0 Å². The summed E-state index contributed by atoms with van der Waals surface area (Å²) in [7, 11) is 0.